The monoisotopic (exact) mass is 423 g/mol. The number of guanidine groups is 1. The predicted molar refractivity (Wildman–Crippen MR) is 128 cm³/mol. The first kappa shape index (κ1) is 23.1. The Kier molecular flexibility index (Phi) is 9.16. The van der Waals surface area contributed by atoms with Crippen molar-refractivity contribution in [1.82, 2.24) is 20.5 Å². The van der Waals surface area contributed by atoms with E-state index >= 15 is 0 Å². The van der Waals surface area contributed by atoms with Crippen LogP contribution < -0.4 is 15.4 Å². The number of benzene rings is 1. The van der Waals surface area contributed by atoms with E-state index in [-0.39, 0.29) is 0 Å². The Morgan fingerprint density at radius 2 is 1.97 bits per heavy atom. The summed E-state index contributed by atoms with van der Waals surface area (Å²) in [6.45, 7) is 9.16. The summed E-state index contributed by atoms with van der Waals surface area (Å²) in [6, 6.07) is 15.0. The molecule has 0 amide bonds. The van der Waals surface area contributed by atoms with Gasteiger partial charge in [0.05, 0.1) is 12.8 Å². The lowest BCUT2D eigenvalue weighted by molar-refractivity contribution is 0.196. The molecule has 6 heteroatoms. The summed E-state index contributed by atoms with van der Waals surface area (Å²) < 4.78 is 5.25. The lowest BCUT2D eigenvalue weighted by atomic mass is 9.98. The van der Waals surface area contributed by atoms with Gasteiger partial charge < -0.3 is 15.4 Å². The van der Waals surface area contributed by atoms with Gasteiger partial charge in [0.15, 0.2) is 5.96 Å². The molecule has 168 valence electrons. The molecule has 2 heterocycles. The van der Waals surface area contributed by atoms with Crippen molar-refractivity contribution >= 4 is 5.96 Å². The van der Waals surface area contributed by atoms with Crippen LogP contribution in [-0.4, -0.2) is 55.2 Å². The van der Waals surface area contributed by atoms with Crippen molar-refractivity contribution in [2.45, 2.75) is 51.6 Å². The van der Waals surface area contributed by atoms with Crippen LogP contribution in [0.15, 0.2) is 53.7 Å². The SMILES string of the molecule is CCNC(=NCCC(C)c1ccc(OC)cc1)NC1CCN(Cc2ccccn2)CC1. The maximum atomic E-state index is 5.25. The highest BCUT2D eigenvalue weighted by Crippen LogP contribution is 2.21. The first-order chi connectivity index (χ1) is 15.2. The molecule has 31 heavy (non-hydrogen) atoms. The van der Waals surface area contributed by atoms with Crippen molar-refractivity contribution in [3.63, 3.8) is 0 Å². The maximum Gasteiger partial charge on any atom is 0.191 e. The van der Waals surface area contributed by atoms with Gasteiger partial charge in [0.2, 0.25) is 0 Å². The molecule has 0 spiro atoms. The van der Waals surface area contributed by atoms with Crippen LogP contribution in [-0.2, 0) is 6.54 Å². The molecule has 1 atom stereocenters. The Balaban J connectivity index is 1.44. The fourth-order valence-electron chi connectivity index (χ4n) is 3.94. The van der Waals surface area contributed by atoms with Gasteiger partial charge in [-0.1, -0.05) is 25.1 Å². The summed E-state index contributed by atoms with van der Waals surface area (Å²) in [7, 11) is 1.70. The molecular formula is C25H37N5O. The topological polar surface area (TPSA) is 61.8 Å². The summed E-state index contributed by atoms with van der Waals surface area (Å²) in [5.74, 6) is 2.30. The zero-order chi connectivity index (χ0) is 21.9. The third-order valence-corrected chi connectivity index (χ3v) is 5.90. The molecule has 0 aliphatic carbocycles. The van der Waals surface area contributed by atoms with Crippen LogP contribution >= 0.6 is 0 Å². The van der Waals surface area contributed by atoms with E-state index in [0.717, 1.165) is 69.4 Å². The first-order valence-corrected chi connectivity index (χ1v) is 11.5. The van der Waals surface area contributed by atoms with Gasteiger partial charge in [-0.05, 0) is 61.9 Å². The number of likely N-dealkylation sites (tertiary alicyclic amines) is 1. The number of ether oxygens (including phenoxy) is 1. The van der Waals surface area contributed by atoms with E-state index in [1.54, 1.807) is 7.11 Å². The normalized spacial score (nSPS) is 16.7. The van der Waals surface area contributed by atoms with E-state index in [1.807, 2.05) is 24.4 Å². The number of aliphatic imine (C=N–C) groups is 1. The molecule has 1 aromatic carbocycles. The molecular weight excluding hydrogens is 386 g/mol. The van der Waals surface area contributed by atoms with Gasteiger partial charge in [-0.3, -0.25) is 14.9 Å². The fraction of sp³-hybridized carbons (Fsp3) is 0.520. The van der Waals surface area contributed by atoms with Crippen LogP contribution in [0.1, 0.15) is 50.3 Å². The number of aromatic nitrogens is 1. The molecule has 1 aliphatic rings. The molecule has 0 saturated carbocycles. The third-order valence-electron chi connectivity index (χ3n) is 5.90. The van der Waals surface area contributed by atoms with Crippen molar-refractivity contribution in [2.24, 2.45) is 4.99 Å². The fourth-order valence-corrected chi connectivity index (χ4v) is 3.94. The maximum absolute atomic E-state index is 5.25. The highest BCUT2D eigenvalue weighted by molar-refractivity contribution is 5.80. The molecule has 1 aliphatic heterocycles. The minimum absolute atomic E-state index is 0.465. The van der Waals surface area contributed by atoms with Crippen molar-refractivity contribution < 1.29 is 4.74 Å². The highest BCUT2D eigenvalue weighted by atomic mass is 16.5. The largest absolute Gasteiger partial charge is 0.497 e. The zero-order valence-electron chi connectivity index (χ0n) is 19.2. The molecule has 2 aromatic rings. The van der Waals surface area contributed by atoms with Crippen molar-refractivity contribution in [3.8, 4) is 5.75 Å². The number of pyridine rings is 1. The second-order valence-electron chi connectivity index (χ2n) is 8.24. The number of piperidine rings is 1. The molecule has 0 radical (unpaired) electrons. The average molecular weight is 424 g/mol. The van der Waals surface area contributed by atoms with E-state index in [9.17, 15) is 0 Å². The smallest absolute Gasteiger partial charge is 0.191 e. The molecule has 3 rings (SSSR count). The van der Waals surface area contributed by atoms with Crippen LogP contribution in [0.2, 0.25) is 0 Å². The van der Waals surface area contributed by atoms with E-state index in [1.165, 1.54) is 5.56 Å². The molecule has 2 N–H and O–H groups in total. The van der Waals surface area contributed by atoms with Crippen LogP contribution in [0.4, 0.5) is 0 Å². The van der Waals surface area contributed by atoms with Crippen LogP contribution in [0.3, 0.4) is 0 Å². The number of rotatable bonds is 9. The molecule has 1 aromatic heterocycles. The Morgan fingerprint density at radius 3 is 2.61 bits per heavy atom. The quantitative estimate of drug-likeness (QED) is 0.474. The van der Waals surface area contributed by atoms with E-state index in [2.05, 4.69) is 58.6 Å². The molecule has 1 unspecified atom stereocenters. The molecule has 0 bridgehead atoms. The Hall–Kier alpha value is -2.60. The number of methoxy groups -OCH3 is 1. The minimum Gasteiger partial charge on any atom is -0.497 e. The summed E-state index contributed by atoms with van der Waals surface area (Å²) >= 11 is 0. The zero-order valence-corrected chi connectivity index (χ0v) is 19.2. The minimum atomic E-state index is 0.465. The van der Waals surface area contributed by atoms with Crippen molar-refractivity contribution in [2.75, 3.05) is 33.3 Å². The van der Waals surface area contributed by atoms with Gasteiger partial charge in [-0.15, -0.1) is 0 Å². The van der Waals surface area contributed by atoms with Gasteiger partial charge in [0.25, 0.3) is 0 Å². The average Bonchev–Trinajstić information content (AvgIpc) is 2.81. The molecule has 6 nitrogen and oxygen atoms in total. The third kappa shape index (κ3) is 7.55. The summed E-state index contributed by atoms with van der Waals surface area (Å²) in [6.07, 6.45) is 5.14. The number of nitrogens with one attached hydrogen (secondary N) is 2. The predicted octanol–water partition coefficient (Wildman–Crippen LogP) is 3.80. The van der Waals surface area contributed by atoms with Gasteiger partial charge in [-0.2, -0.15) is 0 Å². The number of hydrogen-bond donors (Lipinski definition) is 2. The Labute approximate surface area is 187 Å². The van der Waals surface area contributed by atoms with E-state index in [0.29, 0.717) is 12.0 Å². The van der Waals surface area contributed by atoms with Crippen molar-refractivity contribution in [3.05, 3.63) is 59.9 Å². The van der Waals surface area contributed by atoms with E-state index in [4.69, 9.17) is 9.73 Å². The highest BCUT2D eigenvalue weighted by Gasteiger charge is 2.20. The summed E-state index contributed by atoms with van der Waals surface area (Å²) in [5, 5.41) is 7.06. The number of hydrogen-bond acceptors (Lipinski definition) is 4. The van der Waals surface area contributed by atoms with Crippen LogP contribution in [0, 0.1) is 0 Å². The van der Waals surface area contributed by atoms with Gasteiger partial charge in [0, 0.05) is 45.0 Å². The molecule has 1 fully saturated rings. The molecule has 1 saturated heterocycles. The van der Waals surface area contributed by atoms with Crippen molar-refractivity contribution in [1.29, 1.82) is 0 Å². The Bertz CT molecular complexity index is 785. The van der Waals surface area contributed by atoms with Gasteiger partial charge in [-0.25, -0.2) is 0 Å². The Morgan fingerprint density at radius 1 is 1.19 bits per heavy atom. The standard InChI is InChI=1S/C25H37N5O/c1-4-26-25(28-16-12-20(2)21-8-10-24(31-3)11-9-21)29-22-13-17-30(18-14-22)19-23-7-5-6-15-27-23/h5-11,15,20,22H,4,12-14,16-19H2,1-3H3,(H2,26,28,29). The summed E-state index contributed by atoms with van der Waals surface area (Å²) in [5.41, 5.74) is 2.48. The lowest BCUT2D eigenvalue weighted by Gasteiger charge is -2.32. The lowest BCUT2D eigenvalue weighted by Crippen LogP contribution is -2.48. The van der Waals surface area contributed by atoms with E-state index < -0.39 is 0 Å². The summed E-state index contributed by atoms with van der Waals surface area (Å²) in [4.78, 5) is 11.8. The number of nitrogens with zero attached hydrogens (tertiary/aromatic N) is 3. The van der Waals surface area contributed by atoms with Crippen LogP contribution in [0.25, 0.3) is 0 Å². The van der Waals surface area contributed by atoms with Gasteiger partial charge in [0.1, 0.15) is 5.75 Å². The van der Waals surface area contributed by atoms with Crippen LogP contribution in [0.5, 0.6) is 5.75 Å². The first-order valence-electron chi connectivity index (χ1n) is 11.5. The second kappa shape index (κ2) is 12.3. The second-order valence-corrected chi connectivity index (χ2v) is 8.24. The van der Waals surface area contributed by atoms with Gasteiger partial charge >= 0.3 is 0 Å².